The van der Waals surface area contributed by atoms with E-state index in [0.717, 1.165) is 19.0 Å². The monoisotopic (exact) mass is 307 g/mol. The molecule has 3 aliphatic rings. The minimum absolute atomic E-state index is 0.0486. The van der Waals surface area contributed by atoms with Crippen LogP contribution < -0.4 is 5.32 Å². The third-order valence-electron chi connectivity index (χ3n) is 5.62. The van der Waals surface area contributed by atoms with Gasteiger partial charge in [-0.15, -0.1) is 0 Å². The molecule has 1 aliphatic carbocycles. The lowest BCUT2D eigenvalue weighted by atomic mass is 9.96. The summed E-state index contributed by atoms with van der Waals surface area (Å²) in [6.45, 7) is 8.10. The number of nitrogens with zero attached hydrogens (tertiary/aromatic N) is 2. The number of hydrogen-bond donors (Lipinski definition) is 1. The van der Waals surface area contributed by atoms with Crippen LogP contribution in [0.25, 0.3) is 0 Å². The molecule has 0 unspecified atom stereocenters. The van der Waals surface area contributed by atoms with Gasteiger partial charge in [-0.2, -0.15) is 0 Å². The van der Waals surface area contributed by atoms with Crippen molar-refractivity contribution in [2.24, 2.45) is 5.92 Å². The Hall–Kier alpha value is -0.610. The van der Waals surface area contributed by atoms with Crippen LogP contribution in [0.4, 0.5) is 0 Å². The molecule has 0 radical (unpaired) electrons. The first-order chi connectivity index (χ1) is 10.7. The SMILES string of the molecule is C[C@H](C(=O)NC1CC1)N1CCC[C@@H](CN2CCCCCC2)C1. The lowest BCUT2D eigenvalue weighted by molar-refractivity contribution is -0.126. The largest absolute Gasteiger partial charge is 0.352 e. The van der Waals surface area contributed by atoms with Crippen LogP contribution in [0.3, 0.4) is 0 Å². The molecule has 2 heterocycles. The number of amides is 1. The number of rotatable bonds is 5. The number of hydrogen-bond acceptors (Lipinski definition) is 3. The van der Waals surface area contributed by atoms with Crippen molar-refractivity contribution in [2.45, 2.75) is 70.4 Å². The fourth-order valence-corrected chi connectivity index (χ4v) is 4.00. The predicted molar refractivity (Wildman–Crippen MR) is 89.8 cm³/mol. The Balaban J connectivity index is 1.46. The molecule has 2 atom stereocenters. The molecule has 22 heavy (non-hydrogen) atoms. The summed E-state index contributed by atoms with van der Waals surface area (Å²) >= 11 is 0. The third kappa shape index (κ3) is 4.69. The van der Waals surface area contributed by atoms with Crippen LogP contribution in [0.5, 0.6) is 0 Å². The molecule has 1 amide bonds. The zero-order valence-electron chi connectivity index (χ0n) is 14.2. The Morgan fingerprint density at radius 2 is 1.77 bits per heavy atom. The van der Waals surface area contributed by atoms with E-state index in [-0.39, 0.29) is 11.9 Å². The summed E-state index contributed by atoms with van der Waals surface area (Å²) in [5, 5.41) is 3.16. The smallest absolute Gasteiger partial charge is 0.237 e. The summed E-state index contributed by atoms with van der Waals surface area (Å²) in [6, 6.07) is 0.528. The number of piperidine rings is 1. The molecule has 1 saturated carbocycles. The van der Waals surface area contributed by atoms with Crippen molar-refractivity contribution in [3.63, 3.8) is 0 Å². The van der Waals surface area contributed by atoms with Crippen molar-refractivity contribution in [1.82, 2.24) is 15.1 Å². The Kier molecular flexibility index (Phi) is 5.75. The Morgan fingerprint density at radius 1 is 1.05 bits per heavy atom. The predicted octanol–water partition coefficient (Wildman–Crippen LogP) is 2.24. The number of nitrogens with one attached hydrogen (secondary N) is 1. The Labute approximate surface area is 135 Å². The van der Waals surface area contributed by atoms with Gasteiger partial charge in [-0.3, -0.25) is 9.69 Å². The first-order valence-electron chi connectivity index (χ1n) is 9.49. The zero-order chi connectivity index (χ0) is 15.4. The van der Waals surface area contributed by atoms with E-state index < -0.39 is 0 Å². The van der Waals surface area contributed by atoms with Crippen LogP contribution in [0, 0.1) is 5.92 Å². The lowest BCUT2D eigenvalue weighted by Gasteiger charge is -2.38. The van der Waals surface area contributed by atoms with Gasteiger partial charge in [-0.25, -0.2) is 0 Å². The molecule has 4 heteroatoms. The molecular weight excluding hydrogens is 274 g/mol. The van der Waals surface area contributed by atoms with Gasteiger partial charge in [0.05, 0.1) is 6.04 Å². The van der Waals surface area contributed by atoms with Crippen molar-refractivity contribution in [3.05, 3.63) is 0 Å². The second-order valence-corrected chi connectivity index (χ2v) is 7.68. The summed E-state index contributed by atoms with van der Waals surface area (Å²) in [7, 11) is 0. The number of carbonyl (C=O) groups excluding carboxylic acids is 1. The minimum atomic E-state index is 0.0486. The van der Waals surface area contributed by atoms with E-state index in [1.165, 1.54) is 71.0 Å². The minimum Gasteiger partial charge on any atom is -0.352 e. The van der Waals surface area contributed by atoms with E-state index in [0.29, 0.717) is 6.04 Å². The van der Waals surface area contributed by atoms with Gasteiger partial charge in [-0.05, 0) is 71.0 Å². The molecule has 3 fully saturated rings. The number of likely N-dealkylation sites (tertiary alicyclic amines) is 2. The van der Waals surface area contributed by atoms with Crippen LogP contribution in [-0.4, -0.2) is 60.5 Å². The number of carbonyl (C=O) groups is 1. The van der Waals surface area contributed by atoms with Crippen LogP contribution in [0.2, 0.25) is 0 Å². The molecular formula is C18H33N3O. The van der Waals surface area contributed by atoms with Crippen molar-refractivity contribution >= 4 is 5.91 Å². The Morgan fingerprint density at radius 3 is 2.45 bits per heavy atom. The fourth-order valence-electron chi connectivity index (χ4n) is 4.00. The molecule has 1 N–H and O–H groups in total. The van der Waals surface area contributed by atoms with Crippen LogP contribution >= 0.6 is 0 Å². The summed E-state index contributed by atoms with van der Waals surface area (Å²) in [4.78, 5) is 17.4. The first-order valence-corrected chi connectivity index (χ1v) is 9.49. The molecule has 4 nitrogen and oxygen atoms in total. The van der Waals surface area contributed by atoms with Gasteiger partial charge in [0.1, 0.15) is 0 Å². The second-order valence-electron chi connectivity index (χ2n) is 7.68. The average molecular weight is 307 g/mol. The highest BCUT2D eigenvalue weighted by molar-refractivity contribution is 5.81. The standard InChI is InChI=1S/C18H33N3O/c1-15(18(22)19-17-8-9-17)21-12-6-7-16(14-21)13-20-10-4-2-3-5-11-20/h15-17H,2-14H2,1H3,(H,19,22)/t15-,16+/m1/s1. The van der Waals surface area contributed by atoms with E-state index in [9.17, 15) is 4.79 Å². The molecule has 0 aromatic heterocycles. The first kappa shape index (κ1) is 16.3. The van der Waals surface area contributed by atoms with Crippen molar-refractivity contribution in [3.8, 4) is 0 Å². The van der Waals surface area contributed by atoms with Gasteiger partial charge in [0.2, 0.25) is 5.91 Å². The highest BCUT2D eigenvalue weighted by Gasteiger charge is 2.31. The topological polar surface area (TPSA) is 35.6 Å². The summed E-state index contributed by atoms with van der Waals surface area (Å²) in [6.07, 6.45) is 10.5. The highest BCUT2D eigenvalue weighted by atomic mass is 16.2. The molecule has 2 aliphatic heterocycles. The van der Waals surface area contributed by atoms with Gasteiger partial charge in [-0.1, -0.05) is 12.8 Å². The quantitative estimate of drug-likeness (QED) is 0.846. The van der Waals surface area contributed by atoms with Crippen LogP contribution in [-0.2, 0) is 4.79 Å². The van der Waals surface area contributed by atoms with E-state index >= 15 is 0 Å². The third-order valence-corrected chi connectivity index (χ3v) is 5.62. The van der Waals surface area contributed by atoms with Crippen LogP contribution in [0.15, 0.2) is 0 Å². The van der Waals surface area contributed by atoms with Gasteiger partial charge < -0.3 is 10.2 Å². The van der Waals surface area contributed by atoms with E-state index in [1.807, 2.05) is 0 Å². The van der Waals surface area contributed by atoms with Crippen molar-refractivity contribution in [2.75, 3.05) is 32.7 Å². The summed E-state index contributed by atoms with van der Waals surface area (Å²) < 4.78 is 0. The normalized spacial score (nSPS) is 29.8. The molecule has 0 aromatic carbocycles. The summed E-state index contributed by atoms with van der Waals surface area (Å²) in [5.74, 6) is 1.00. The summed E-state index contributed by atoms with van der Waals surface area (Å²) in [5.41, 5.74) is 0. The maximum Gasteiger partial charge on any atom is 0.237 e. The van der Waals surface area contributed by atoms with Crippen LogP contribution in [0.1, 0.15) is 58.3 Å². The Bertz CT molecular complexity index is 361. The molecule has 126 valence electrons. The maximum absolute atomic E-state index is 12.3. The highest BCUT2D eigenvalue weighted by Crippen LogP contribution is 2.23. The van der Waals surface area contributed by atoms with Crippen molar-refractivity contribution < 1.29 is 4.79 Å². The maximum atomic E-state index is 12.3. The van der Waals surface area contributed by atoms with Gasteiger partial charge in [0.15, 0.2) is 0 Å². The molecule has 0 spiro atoms. The second kappa shape index (κ2) is 7.78. The molecule has 3 rings (SSSR count). The van der Waals surface area contributed by atoms with Gasteiger partial charge in [0.25, 0.3) is 0 Å². The van der Waals surface area contributed by atoms with Crippen molar-refractivity contribution in [1.29, 1.82) is 0 Å². The van der Waals surface area contributed by atoms with E-state index in [4.69, 9.17) is 0 Å². The average Bonchev–Trinajstić information content (AvgIpc) is 3.35. The lowest BCUT2D eigenvalue weighted by Crippen LogP contribution is -2.51. The van der Waals surface area contributed by atoms with E-state index in [1.54, 1.807) is 0 Å². The van der Waals surface area contributed by atoms with E-state index in [2.05, 4.69) is 22.0 Å². The van der Waals surface area contributed by atoms with Gasteiger partial charge >= 0.3 is 0 Å². The molecule has 0 aromatic rings. The van der Waals surface area contributed by atoms with Gasteiger partial charge in [0, 0.05) is 19.1 Å². The molecule has 0 bridgehead atoms. The fraction of sp³-hybridized carbons (Fsp3) is 0.944. The zero-order valence-corrected chi connectivity index (χ0v) is 14.2. The molecule has 2 saturated heterocycles.